The highest BCUT2D eigenvalue weighted by Gasteiger charge is 2.13. The predicted molar refractivity (Wildman–Crippen MR) is 90.2 cm³/mol. The first kappa shape index (κ1) is 16.1. The van der Waals surface area contributed by atoms with Crippen LogP contribution in [0.15, 0.2) is 51.7 Å². The van der Waals surface area contributed by atoms with Gasteiger partial charge in [0.2, 0.25) is 0 Å². The highest BCUT2D eigenvalue weighted by Crippen LogP contribution is 2.29. The molecule has 0 unspecified atom stereocenters. The first-order valence-corrected chi connectivity index (χ1v) is 7.67. The van der Waals surface area contributed by atoms with Gasteiger partial charge >= 0.3 is 0 Å². The van der Waals surface area contributed by atoms with E-state index in [0.717, 1.165) is 12.2 Å². The number of halogens is 1. The maximum Gasteiger partial charge on any atom is 0.197 e. The van der Waals surface area contributed by atoms with Crippen LogP contribution in [0.1, 0.15) is 13.3 Å². The van der Waals surface area contributed by atoms with E-state index in [1.54, 1.807) is 24.3 Å². The molecule has 2 aromatic carbocycles. The number of fused-ring (bicyclic) bond motifs is 1. The molecule has 3 rings (SSSR count). The molecule has 3 aromatic rings. The second-order valence-electron chi connectivity index (χ2n) is 5.33. The number of rotatable bonds is 5. The molecule has 1 heterocycles. The van der Waals surface area contributed by atoms with Crippen LogP contribution in [0.2, 0.25) is 0 Å². The van der Waals surface area contributed by atoms with Crippen LogP contribution < -0.4 is 14.9 Å². The second kappa shape index (κ2) is 6.74. The van der Waals surface area contributed by atoms with Crippen LogP contribution >= 0.6 is 0 Å². The van der Waals surface area contributed by atoms with Crippen LogP contribution in [0.25, 0.3) is 22.3 Å². The summed E-state index contributed by atoms with van der Waals surface area (Å²) in [5, 5.41) is 0.227. The van der Waals surface area contributed by atoms with E-state index in [1.807, 2.05) is 6.92 Å². The van der Waals surface area contributed by atoms with Crippen molar-refractivity contribution in [3.05, 3.63) is 58.5 Å². The SMILES string of the molecule is CCCOc1ccc(-c2cc(=O)c3c(OC)cc(F)cc3o2)cc1. The van der Waals surface area contributed by atoms with E-state index in [4.69, 9.17) is 13.9 Å². The summed E-state index contributed by atoms with van der Waals surface area (Å²) in [6.45, 7) is 2.68. The third-order valence-corrected chi connectivity index (χ3v) is 3.59. The van der Waals surface area contributed by atoms with Crippen molar-refractivity contribution in [2.75, 3.05) is 13.7 Å². The maximum absolute atomic E-state index is 13.7. The maximum atomic E-state index is 13.7. The minimum atomic E-state index is -0.525. The van der Waals surface area contributed by atoms with Crippen molar-refractivity contribution >= 4 is 11.0 Å². The molecule has 4 nitrogen and oxygen atoms in total. The molecule has 1 aromatic heterocycles. The minimum absolute atomic E-state index is 0.153. The van der Waals surface area contributed by atoms with Crippen molar-refractivity contribution in [1.29, 1.82) is 0 Å². The van der Waals surface area contributed by atoms with Crippen LogP contribution in [0.3, 0.4) is 0 Å². The van der Waals surface area contributed by atoms with Crippen molar-refractivity contribution in [1.82, 2.24) is 0 Å². The average Bonchev–Trinajstić information content (AvgIpc) is 2.59. The van der Waals surface area contributed by atoms with E-state index in [-0.39, 0.29) is 22.1 Å². The molecule has 24 heavy (non-hydrogen) atoms. The Morgan fingerprint density at radius 1 is 1.12 bits per heavy atom. The molecule has 0 spiro atoms. The van der Waals surface area contributed by atoms with Crippen LogP contribution in [0.5, 0.6) is 11.5 Å². The molecule has 0 bridgehead atoms. The largest absolute Gasteiger partial charge is 0.496 e. The van der Waals surface area contributed by atoms with Gasteiger partial charge in [-0.15, -0.1) is 0 Å². The monoisotopic (exact) mass is 328 g/mol. The van der Waals surface area contributed by atoms with Gasteiger partial charge in [-0.1, -0.05) is 6.92 Å². The minimum Gasteiger partial charge on any atom is -0.496 e. The summed E-state index contributed by atoms with van der Waals surface area (Å²) in [4.78, 5) is 12.4. The van der Waals surface area contributed by atoms with Crippen LogP contribution in [-0.4, -0.2) is 13.7 Å². The van der Waals surface area contributed by atoms with Gasteiger partial charge in [0.25, 0.3) is 0 Å². The lowest BCUT2D eigenvalue weighted by Crippen LogP contribution is -2.03. The Morgan fingerprint density at radius 3 is 2.54 bits per heavy atom. The summed E-state index contributed by atoms with van der Waals surface area (Å²) in [5.74, 6) is 0.746. The molecule has 0 saturated carbocycles. The van der Waals surface area contributed by atoms with E-state index in [0.29, 0.717) is 17.9 Å². The third-order valence-electron chi connectivity index (χ3n) is 3.59. The van der Waals surface area contributed by atoms with E-state index >= 15 is 0 Å². The van der Waals surface area contributed by atoms with Gasteiger partial charge in [-0.05, 0) is 30.7 Å². The van der Waals surface area contributed by atoms with E-state index in [2.05, 4.69) is 0 Å². The number of benzene rings is 2. The Bertz CT molecular complexity index is 913. The zero-order chi connectivity index (χ0) is 17.1. The predicted octanol–water partition coefficient (Wildman–Crippen LogP) is 4.40. The molecule has 0 atom stereocenters. The normalized spacial score (nSPS) is 10.8. The van der Waals surface area contributed by atoms with Crippen molar-refractivity contribution in [3.8, 4) is 22.8 Å². The second-order valence-corrected chi connectivity index (χ2v) is 5.33. The van der Waals surface area contributed by atoms with Crippen molar-refractivity contribution in [2.24, 2.45) is 0 Å². The van der Waals surface area contributed by atoms with Gasteiger partial charge < -0.3 is 13.9 Å². The summed E-state index contributed by atoms with van der Waals surface area (Å²) >= 11 is 0. The molecule has 0 aliphatic carbocycles. The topological polar surface area (TPSA) is 48.7 Å². The lowest BCUT2D eigenvalue weighted by molar-refractivity contribution is 0.317. The molecule has 0 N–H and O–H groups in total. The zero-order valence-electron chi connectivity index (χ0n) is 13.5. The Morgan fingerprint density at radius 2 is 1.88 bits per heavy atom. The number of ether oxygens (including phenoxy) is 2. The first-order chi connectivity index (χ1) is 11.6. The van der Waals surface area contributed by atoms with Gasteiger partial charge in [-0.25, -0.2) is 4.39 Å². The smallest absolute Gasteiger partial charge is 0.197 e. The van der Waals surface area contributed by atoms with Crippen LogP contribution in [0.4, 0.5) is 4.39 Å². The summed E-state index contributed by atoms with van der Waals surface area (Å²) < 4.78 is 30.0. The van der Waals surface area contributed by atoms with E-state index in [9.17, 15) is 9.18 Å². The average molecular weight is 328 g/mol. The number of methoxy groups -OCH3 is 1. The fourth-order valence-corrected chi connectivity index (χ4v) is 2.46. The highest BCUT2D eigenvalue weighted by molar-refractivity contribution is 5.85. The Kier molecular flexibility index (Phi) is 4.51. The van der Waals surface area contributed by atoms with Crippen molar-refractivity contribution in [2.45, 2.75) is 13.3 Å². The number of hydrogen-bond acceptors (Lipinski definition) is 4. The van der Waals surface area contributed by atoms with Gasteiger partial charge in [0.15, 0.2) is 5.43 Å². The molecule has 0 amide bonds. The Hall–Kier alpha value is -2.82. The lowest BCUT2D eigenvalue weighted by atomic mass is 10.1. The summed E-state index contributed by atoms with van der Waals surface area (Å²) in [7, 11) is 1.39. The van der Waals surface area contributed by atoms with Crippen LogP contribution in [0, 0.1) is 5.82 Å². The fraction of sp³-hybridized carbons (Fsp3) is 0.211. The van der Waals surface area contributed by atoms with E-state index < -0.39 is 5.82 Å². The summed E-state index contributed by atoms with van der Waals surface area (Å²) in [5.41, 5.74) is 0.580. The lowest BCUT2D eigenvalue weighted by Gasteiger charge is -2.08. The highest BCUT2D eigenvalue weighted by atomic mass is 19.1. The summed E-state index contributed by atoms with van der Waals surface area (Å²) in [6.07, 6.45) is 0.925. The molecule has 0 radical (unpaired) electrons. The van der Waals surface area contributed by atoms with Crippen molar-refractivity contribution in [3.63, 3.8) is 0 Å². The zero-order valence-corrected chi connectivity index (χ0v) is 13.5. The standard InChI is InChI=1S/C19H17FO4/c1-3-8-23-14-6-4-12(5-7-14)16-11-15(21)19-17(22-2)9-13(20)10-18(19)24-16/h4-7,9-11H,3,8H2,1-2H3. The molecule has 124 valence electrons. The Labute approximate surface area is 138 Å². The first-order valence-electron chi connectivity index (χ1n) is 7.67. The van der Waals surface area contributed by atoms with Gasteiger partial charge in [-0.3, -0.25) is 4.79 Å². The van der Waals surface area contributed by atoms with Crippen molar-refractivity contribution < 1.29 is 18.3 Å². The molecule has 5 heteroatoms. The van der Waals surface area contributed by atoms with Crippen LogP contribution in [-0.2, 0) is 0 Å². The van der Waals surface area contributed by atoms with Gasteiger partial charge in [-0.2, -0.15) is 0 Å². The van der Waals surface area contributed by atoms with Gasteiger partial charge in [0.1, 0.15) is 34.0 Å². The molecule has 0 fully saturated rings. The Balaban J connectivity index is 2.06. The molecular formula is C19H17FO4. The molecule has 0 aliphatic rings. The third kappa shape index (κ3) is 3.11. The summed E-state index contributed by atoms with van der Waals surface area (Å²) in [6, 6.07) is 10.9. The van der Waals surface area contributed by atoms with Gasteiger partial charge in [0.05, 0.1) is 13.7 Å². The molecule has 0 saturated heterocycles. The fourth-order valence-electron chi connectivity index (χ4n) is 2.46. The number of hydrogen-bond donors (Lipinski definition) is 0. The molecular weight excluding hydrogens is 311 g/mol. The molecule has 0 aliphatic heterocycles. The van der Waals surface area contributed by atoms with E-state index in [1.165, 1.54) is 25.3 Å². The quantitative estimate of drug-likeness (QED) is 0.697. The van der Waals surface area contributed by atoms with Gasteiger partial charge in [0, 0.05) is 23.8 Å².